The number of nitrogens with zero attached hydrogens (tertiary/aromatic N) is 2. The summed E-state index contributed by atoms with van der Waals surface area (Å²) < 4.78 is 12.0. The molecule has 2 saturated heterocycles. The zero-order valence-electron chi connectivity index (χ0n) is 22.9. The number of benzene rings is 1. The Morgan fingerprint density at radius 2 is 1.95 bits per heavy atom. The highest BCUT2D eigenvalue weighted by Gasteiger charge is 2.72. The van der Waals surface area contributed by atoms with Crippen LogP contribution in [0.5, 0.6) is 5.75 Å². The number of fused-ring (bicyclic) bond motifs is 1. The molecule has 9 nitrogen and oxygen atoms in total. The predicted molar refractivity (Wildman–Crippen MR) is 148 cm³/mol. The number of anilines is 1. The van der Waals surface area contributed by atoms with E-state index < -0.39 is 29.6 Å². The number of nitrogens with one attached hydrogen (secondary N) is 2. The predicted octanol–water partition coefficient (Wildman–Crippen LogP) is 3.46. The van der Waals surface area contributed by atoms with E-state index in [1.807, 2.05) is 31.2 Å². The van der Waals surface area contributed by atoms with Gasteiger partial charge in [0.05, 0.1) is 24.5 Å². The van der Waals surface area contributed by atoms with Gasteiger partial charge in [0.15, 0.2) is 0 Å². The van der Waals surface area contributed by atoms with Crippen LogP contribution in [0.1, 0.15) is 45.1 Å². The summed E-state index contributed by atoms with van der Waals surface area (Å²) >= 11 is 0. The molecule has 3 amide bonds. The van der Waals surface area contributed by atoms with Gasteiger partial charge >= 0.3 is 0 Å². The third-order valence-corrected chi connectivity index (χ3v) is 8.87. The van der Waals surface area contributed by atoms with Gasteiger partial charge in [0, 0.05) is 30.7 Å². The van der Waals surface area contributed by atoms with Crippen molar-refractivity contribution in [1.82, 2.24) is 15.2 Å². The summed E-state index contributed by atoms with van der Waals surface area (Å²) in [6.45, 7) is 4.83. The normalized spacial score (nSPS) is 32.1. The molecule has 7 atom stereocenters. The standard InChI is InChI=1S/C31H36N4O5/c1-3-39-22-12-10-21(11-13-22)33-28(36)25-24-14-15-31(40-24)26(25)30(38)35(18-20-8-6-16-32-17-20)27(31)29(37)34-23-9-5-4-7-19(23)2/h6,8,10-17,19,23-27H,3-5,7,9,18H2,1-2H3,(H,33,36)(H,34,37). The molecule has 7 unspecified atom stereocenters. The first-order valence-electron chi connectivity index (χ1n) is 14.3. The van der Waals surface area contributed by atoms with Gasteiger partial charge in [0.1, 0.15) is 17.4 Å². The van der Waals surface area contributed by atoms with Gasteiger partial charge in [-0.15, -0.1) is 0 Å². The number of carbonyl (C=O) groups is 3. The fourth-order valence-corrected chi connectivity index (χ4v) is 6.95. The molecular formula is C31H36N4O5. The van der Waals surface area contributed by atoms with Crippen LogP contribution < -0.4 is 15.4 Å². The van der Waals surface area contributed by atoms with Crippen molar-refractivity contribution in [2.45, 2.75) is 69.9 Å². The van der Waals surface area contributed by atoms with Crippen molar-refractivity contribution in [1.29, 1.82) is 0 Å². The fraction of sp³-hybridized carbons (Fsp3) is 0.484. The molecule has 210 valence electrons. The molecule has 1 aromatic carbocycles. The van der Waals surface area contributed by atoms with Gasteiger partial charge in [0.2, 0.25) is 17.7 Å². The maximum Gasteiger partial charge on any atom is 0.246 e. The van der Waals surface area contributed by atoms with Crippen molar-refractivity contribution in [2.24, 2.45) is 17.8 Å². The van der Waals surface area contributed by atoms with E-state index in [2.05, 4.69) is 22.5 Å². The number of hydrogen-bond donors (Lipinski definition) is 2. The largest absolute Gasteiger partial charge is 0.494 e. The fourth-order valence-electron chi connectivity index (χ4n) is 6.95. The zero-order chi connectivity index (χ0) is 27.9. The summed E-state index contributed by atoms with van der Waals surface area (Å²) in [5, 5.41) is 6.22. The summed E-state index contributed by atoms with van der Waals surface area (Å²) in [7, 11) is 0. The van der Waals surface area contributed by atoms with Gasteiger partial charge in [-0.2, -0.15) is 0 Å². The number of amides is 3. The number of likely N-dealkylation sites (tertiary alicyclic amines) is 1. The van der Waals surface area contributed by atoms with Crippen LogP contribution in [-0.2, 0) is 25.7 Å². The van der Waals surface area contributed by atoms with Crippen LogP contribution in [0.25, 0.3) is 0 Å². The van der Waals surface area contributed by atoms with Crippen LogP contribution in [0, 0.1) is 17.8 Å². The van der Waals surface area contributed by atoms with Gasteiger partial charge in [-0.05, 0) is 61.6 Å². The van der Waals surface area contributed by atoms with Gasteiger partial charge < -0.3 is 25.0 Å². The lowest BCUT2D eigenvalue weighted by Gasteiger charge is -2.36. The highest BCUT2D eigenvalue weighted by atomic mass is 16.5. The van der Waals surface area contributed by atoms with Crippen LogP contribution in [0.15, 0.2) is 60.9 Å². The molecule has 9 heteroatoms. The van der Waals surface area contributed by atoms with E-state index in [9.17, 15) is 14.4 Å². The van der Waals surface area contributed by atoms with Crippen molar-refractivity contribution in [3.8, 4) is 5.75 Å². The average Bonchev–Trinajstić information content (AvgIpc) is 3.59. The van der Waals surface area contributed by atoms with Crippen LogP contribution in [0.3, 0.4) is 0 Å². The molecule has 1 spiro atoms. The van der Waals surface area contributed by atoms with Crippen molar-refractivity contribution >= 4 is 23.4 Å². The maximum absolute atomic E-state index is 14.1. The Morgan fingerprint density at radius 1 is 1.15 bits per heavy atom. The summed E-state index contributed by atoms with van der Waals surface area (Å²) in [6, 6.07) is 9.99. The van der Waals surface area contributed by atoms with E-state index in [0.717, 1.165) is 31.2 Å². The van der Waals surface area contributed by atoms with Crippen molar-refractivity contribution in [3.63, 3.8) is 0 Å². The Kier molecular flexibility index (Phi) is 7.08. The summed E-state index contributed by atoms with van der Waals surface area (Å²) in [5.41, 5.74) is 0.213. The van der Waals surface area contributed by atoms with Crippen LogP contribution in [-0.4, -0.2) is 58.0 Å². The second-order valence-electron chi connectivity index (χ2n) is 11.4. The molecule has 2 aromatic rings. The number of hydrogen-bond acceptors (Lipinski definition) is 6. The van der Waals surface area contributed by atoms with Gasteiger partial charge in [0.25, 0.3) is 0 Å². The Morgan fingerprint density at radius 3 is 2.67 bits per heavy atom. The lowest BCUT2D eigenvalue weighted by Crippen LogP contribution is -2.57. The first kappa shape index (κ1) is 26.5. The topological polar surface area (TPSA) is 110 Å². The number of carbonyl (C=O) groups excluding carboxylic acids is 3. The van der Waals surface area contributed by atoms with Crippen LogP contribution in [0.2, 0.25) is 0 Å². The molecule has 1 aliphatic carbocycles. The Balaban J connectivity index is 1.29. The molecule has 4 heterocycles. The average molecular weight is 545 g/mol. The number of aromatic nitrogens is 1. The van der Waals surface area contributed by atoms with E-state index in [-0.39, 0.29) is 30.3 Å². The minimum Gasteiger partial charge on any atom is -0.494 e. The Labute approximate surface area is 234 Å². The first-order valence-corrected chi connectivity index (χ1v) is 14.3. The maximum atomic E-state index is 14.1. The first-order chi connectivity index (χ1) is 19.4. The number of pyridine rings is 1. The van der Waals surface area contributed by atoms with E-state index in [4.69, 9.17) is 9.47 Å². The minimum atomic E-state index is -1.20. The number of rotatable bonds is 8. The lowest BCUT2D eigenvalue weighted by atomic mass is 9.74. The molecule has 1 saturated carbocycles. The van der Waals surface area contributed by atoms with Gasteiger partial charge in [-0.3, -0.25) is 19.4 Å². The molecular weight excluding hydrogens is 508 g/mol. The highest BCUT2D eigenvalue weighted by molar-refractivity contribution is 6.02. The molecule has 2 N–H and O–H groups in total. The third-order valence-electron chi connectivity index (χ3n) is 8.87. The second-order valence-corrected chi connectivity index (χ2v) is 11.4. The molecule has 6 rings (SSSR count). The number of ether oxygens (including phenoxy) is 2. The van der Waals surface area contributed by atoms with Gasteiger partial charge in [-0.25, -0.2) is 0 Å². The third kappa shape index (κ3) is 4.56. The SMILES string of the molecule is CCOc1ccc(NC(=O)C2C3C=CC4(O3)C2C(=O)N(Cc2cccnc2)C4C(=O)NC2CCCCC2C)cc1. The van der Waals surface area contributed by atoms with Crippen molar-refractivity contribution < 1.29 is 23.9 Å². The summed E-state index contributed by atoms with van der Waals surface area (Å²) in [5.74, 6) is -1.27. The molecule has 0 radical (unpaired) electrons. The van der Waals surface area contributed by atoms with Crippen LogP contribution in [0.4, 0.5) is 5.69 Å². The lowest BCUT2D eigenvalue weighted by molar-refractivity contribution is -0.142. The summed E-state index contributed by atoms with van der Waals surface area (Å²) in [4.78, 5) is 47.6. The van der Waals surface area contributed by atoms with E-state index in [0.29, 0.717) is 24.0 Å². The summed E-state index contributed by atoms with van der Waals surface area (Å²) in [6.07, 6.45) is 10.7. The second kappa shape index (κ2) is 10.7. The molecule has 3 fully saturated rings. The monoisotopic (exact) mass is 544 g/mol. The zero-order valence-corrected chi connectivity index (χ0v) is 22.9. The highest BCUT2D eigenvalue weighted by Crippen LogP contribution is 2.55. The van der Waals surface area contributed by atoms with Crippen molar-refractivity contribution in [3.05, 3.63) is 66.5 Å². The molecule has 4 aliphatic rings. The van der Waals surface area contributed by atoms with E-state index in [1.54, 1.807) is 41.6 Å². The smallest absolute Gasteiger partial charge is 0.246 e. The van der Waals surface area contributed by atoms with Gasteiger partial charge in [-0.1, -0.05) is 38.0 Å². The molecule has 40 heavy (non-hydrogen) atoms. The molecule has 3 aliphatic heterocycles. The molecule has 1 aromatic heterocycles. The van der Waals surface area contributed by atoms with E-state index >= 15 is 0 Å². The Bertz CT molecular complexity index is 1300. The molecule has 2 bridgehead atoms. The Hall–Kier alpha value is -3.72. The quantitative estimate of drug-likeness (QED) is 0.493. The van der Waals surface area contributed by atoms with E-state index in [1.165, 1.54) is 0 Å². The van der Waals surface area contributed by atoms with Crippen molar-refractivity contribution in [2.75, 3.05) is 11.9 Å². The van der Waals surface area contributed by atoms with Crippen LogP contribution >= 0.6 is 0 Å². The minimum absolute atomic E-state index is 0.0494.